The van der Waals surface area contributed by atoms with Crippen LogP contribution in [0.25, 0.3) is 10.9 Å². The van der Waals surface area contributed by atoms with Crippen LogP contribution < -0.4 is 10.1 Å². The molecule has 154 valence electrons. The third-order valence-electron chi connectivity index (χ3n) is 6.58. The molecular weight excluding hydrogens is 381 g/mol. The summed E-state index contributed by atoms with van der Waals surface area (Å²) in [4.78, 5) is 21.2. The molecule has 5 atom stereocenters. The van der Waals surface area contributed by atoms with Crippen LogP contribution in [-0.2, 0) is 4.79 Å². The number of rotatable bonds is 5. The fourth-order valence-corrected chi connectivity index (χ4v) is 5.01. The lowest BCUT2D eigenvalue weighted by atomic mass is 9.97. The van der Waals surface area contributed by atoms with E-state index in [0.29, 0.717) is 34.7 Å². The lowest BCUT2D eigenvalue weighted by Gasteiger charge is -2.20. The van der Waals surface area contributed by atoms with Gasteiger partial charge in [-0.05, 0) is 73.4 Å². The van der Waals surface area contributed by atoms with Gasteiger partial charge in [0.05, 0.1) is 11.6 Å². The molecule has 0 bridgehead atoms. The van der Waals surface area contributed by atoms with E-state index in [1.54, 1.807) is 24.5 Å². The first-order chi connectivity index (χ1) is 14.5. The van der Waals surface area contributed by atoms with Crippen molar-refractivity contribution in [2.45, 2.75) is 32.8 Å². The predicted octanol–water partition coefficient (Wildman–Crippen LogP) is 4.76. The number of aromatic nitrogens is 2. The first-order valence-corrected chi connectivity index (χ1v) is 10.4. The van der Waals surface area contributed by atoms with Crippen molar-refractivity contribution in [1.29, 1.82) is 0 Å². The summed E-state index contributed by atoms with van der Waals surface area (Å²) >= 11 is 0. The van der Waals surface area contributed by atoms with Crippen molar-refractivity contribution < 1.29 is 13.9 Å². The van der Waals surface area contributed by atoms with E-state index in [1.807, 2.05) is 26.0 Å². The molecule has 5 rings (SSSR count). The average molecular weight is 405 g/mol. The molecule has 1 N–H and O–H groups in total. The minimum atomic E-state index is -0.294. The molecule has 1 amide bonds. The van der Waals surface area contributed by atoms with Crippen molar-refractivity contribution in [2.75, 3.05) is 5.32 Å². The van der Waals surface area contributed by atoms with Gasteiger partial charge in [0.15, 0.2) is 0 Å². The van der Waals surface area contributed by atoms with Crippen LogP contribution in [0.4, 0.5) is 10.2 Å². The third-order valence-corrected chi connectivity index (χ3v) is 6.58. The Labute approximate surface area is 174 Å². The van der Waals surface area contributed by atoms with Crippen molar-refractivity contribution in [3.05, 3.63) is 60.2 Å². The zero-order valence-corrected chi connectivity index (χ0v) is 17.0. The van der Waals surface area contributed by atoms with Crippen LogP contribution in [0.15, 0.2) is 48.8 Å². The van der Waals surface area contributed by atoms with Gasteiger partial charge < -0.3 is 10.1 Å². The number of halogens is 1. The second-order valence-electron chi connectivity index (χ2n) is 8.59. The van der Waals surface area contributed by atoms with Gasteiger partial charge in [-0.3, -0.25) is 9.78 Å². The number of benzene rings is 1. The normalized spacial score (nSPS) is 25.6. The number of nitrogens with one attached hydrogen (secondary N) is 1. The van der Waals surface area contributed by atoms with E-state index in [2.05, 4.69) is 15.3 Å². The SMILES string of the molecule is Cc1ccc(NC(=O)C(C)C2[C@H]3CC(Oc4ccnc5ccc(F)cc45)C[C@@H]23)nc1. The molecule has 3 aromatic rings. The van der Waals surface area contributed by atoms with E-state index >= 15 is 0 Å². The molecule has 2 heterocycles. The number of aryl methyl sites for hydroxylation is 1. The Balaban J connectivity index is 1.20. The Morgan fingerprint density at radius 2 is 1.97 bits per heavy atom. The summed E-state index contributed by atoms with van der Waals surface area (Å²) in [5.41, 5.74) is 1.79. The molecule has 2 aromatic heterocycles. The molecule has 5 nitrogen and oxygen atoms in total. The van der Waals surface area contributed by atoms with Crippen molar-refractivity contribution >= 4 is 22.6 Å². The Bertz CT molecular complexity index is 1090. The minimum absolute atomic E-state index is 0.0267. The molecule has 6 heteroatoms. The maximum absolute atomic E-state index is 13.7. The lowest BCUT2D eigenvalue weighted by Crippen LogP contribution is -2.26. The number of carbonyl (C=O) groups excluding carboxylic acids is 1. The maximum atomic E-state index is 13.7. The molecule has 0 radical (unpaired) electrons. The molecule has 2 saturated carbocycles. The molecular formula is C24H24FN3O2. The predicted molar refractivity (Wildman–Crippen MR) is 113 cm³/mol. The molecule has 1 aromatic carbocycles. The molecule has 2 fully saturated rings. The number of nitrogens with zero attached hydrogens (tertiary/aromatic N) is 2. The van der Waals surface area contributed by atoms with Crippen LogP contribution in [0.2, 0.25) is 0 Å². The molecule has 2 aliphatic carbocycles. The van der Waals surface area contributed by atoms with Crippen LogP contribution >= 0.6 is 0 Å². The second kappa shape index (κ2) is 7.35. The number of fused-ring (bicyclic) bond motifs is 2. The van der Waals surface area contributed by atoms with Crippen LogP contribution in [-0.4, -0.2) is 22.0 Å². The summed E-state index contributed by atoms with van der Waals surface area (Å²) < 4.78 is 19.9. The Kier molecular flexibility index (Phi) is 4.65. The fourth-order valence-electron chi connectivity index (χ4n) is 5.01. The van der Waals surface area contributed by atoms with Crippen molar-refractivity contribution in [3.63, 3.8) is 0 Å². The van der Waals surface area contributed by atoms with Gasteiger partial charge in [0.2, 0.25) is 5.91 Å². The van der Waals surface area contributed by atoms with Crippen molar-refractivity contribution in [3.8, 4) is 5.75 Å². The summed E-state index contributed by atoms with van der Waals surface area (Å²) in [6.45, 7) is 3.97. The summed E-state index contributed by atoms with van der Waals surface area (Å²) in [6, 6.07) is 10.1. The zero-order chi connectivity index (χ0) is 20.8. The Hall–Kier alpha value is -3.02. The number of carbonyl (C=O) groups is 1. The van der Waals surface area contributed by atoms with Gasteiger partial charge in [0.25, 0.3) is 0 Å². The largest absolute Gasteiger partial charge is 0.490 e. The van der Waals surface area contributed by atoms with Crippen LogP contribution in [0.1, 0.15) is 25.3 Å². The van der Waals surface area contributed by atoms with Crippen LogP contribution in [0.3, 0.4) is 0 Å². The highest BCUT2D eigenvalue weighted by atomic mass is 19.1. The first kappa shape index (κ1) is 19.0. The molecule has 0 spiro atoms. The third kappa shape index (κ3) is 3.51. The summed E-state index contributed by atoms with van der Waals surface area (Å²) in [7, 11) is 0. The summed E-state index contributed by atoms with van der Waals surface area (Å²) in [5.74, 6) is 2.36. The van der Waals surface area contributed by atoms with Crippen LogP contribution in [0, 0.1) is 36.4 Å². The van der Waals surface area contributed by atoms with E-state index in [4.69, 9.17) is 4.74 Å². The summed E-state index contributed by atoms with van der Waals surface area (Å²) in [5, 5.41) is 3.63. The van der Waals surface area contributed by atoms with Gasteiger partial charge in [-0.15, -0.1) is 0 Å². The monoisotopic (exact) mass is 405 g/mol. The maximum Gasteiger partial charge on any atom is 0.228 e. The molecule has 0 saturated heterocycles. The first-order valence-electron chi connectivity index (χ1n) is 10.4. The highest BCUT2D eigenvalue weighted by molar-refractivity contribution is 5.92. The molecule has 0 aliphatic heterocycles. The van der Waals surface area contributed by atoms with Gasteiger partial charge >= 0.3 is 0 Å². The number of amides is 1. The van der Waals surface area contributed by atoms with E-state index < -0.39 is 0 Å². The second-order valence-corrected chi connectivity index (χ2v) is 8.59. The quantitative estimate of drug-likeness (QED) is 0.665. The highest BCUT2D eigenvalue weighted by Crippen LogP contribution is 2.61. The van der Waals surface area contributed by atoms with Gasteiger partial charge in [-0.2, -0.15) is 0 Å². The Morgan fingerprint density at radius 3 is 2.70 bits per heavy atom. The van der Waals surface area contributed by atoms with Gasteiger partial charge in [0.1, 0.15) is 17.4 Å². The Morgan fingerprint density at radius 1 is 1.17 bits per heavy atom. The molecule has 30 heavy (non-hydrogen) atoms. The fraction of sp³-hybridized carbons (Fsp3) is 0.375. The standard InChI is InChI=1S/C24H24FN3O2/c1-13-3-6-22(27-12-13)28-24(29)14(2)23-17-10-16(11-18(17)23)30-21-7-8-26-20-5-4-15(25)9-19(20)21/h3-9,12,14,16-18,23H,10-11H2,1-2H3,(H,27,28,29)/t14?,16?,17-,18+,23?. The number of hydrogen-bond donors (Lipinski definition) is 1. The van der Waals surface area contributed by atoms with Crippen molar-refractivity contribution in [1.82, 2.24) is 9.97 Å². The van der Waals surface area contributed by atoms with E-state index in [-0.39, 0.29) is 23.7 Å². The number of hydrogen-bond acceptors (Lipinski definition) is 4. The topological polar surface area (TPSA) is 64.1 Å². The van der Waals surface area contributed by atoms with Gasteiger partial charge in [0, 0.05) is 23.7 Å². The number of pyridine rings is 2. The average Bonchev–Trinajstić information content (AvgIpc) is 3.24. The smallest absolute Gasteiger partial charge is 0.228 e. The van der Waals surface area contributed by atoms with E-state index in [0.717, 1.165) is 23.9 Å². The molecule has 3 unspecified atom stereocenters. The van der Waals surface area contributed by atoms with E-state index in [9.17, 15) is 9.18 Å². The number of ether oxygens (including phenoxy) is 1. The zero-order valence-electron chi connectivity index (χ0n) is 17.0. The highest BCUT2D eigenvalue weighted by Gasteiger charge is 2.59. The van der Waals surface area contributed by atoms with Gasteiger partial charge in [-0.25, -0.2) is 9.37 Å². The number of anilines is 1. The van der Waals surface area contributed by atoms with E-state index in [1.165, 1.54) is 12.1 Å². The molecule has 2 aliphatic rings. The lowest BCUT2D eigenvalue weighted by molar-refractivity contribution is -0.120. The minimum Gasteiger partial charge on any atom is -0.490 e. The van der Waals surface area contributed by atoms with Crippen molar-refractivity contribution in [2.24, 2.45) is 23.7 Å². The van der Waals surface area contributed by atoms with Gasteiger partial charge in [-0.1, -0.05) is 13.0 Å². The summed E-state index contributed by atoms with van der Waals surface area (Å²) in [6.07, 6.45) is 5.39. The van der Waals surface area contributed by atoms with Crippen LogP contribution in [0.5, 0.6) is 5.75 Å².